The Labute approximate surface area is 220 Å². The summed E-state index contributed by atoms with van der Waals surface area (Å²) in [6.45, 7) is 12.0. The highest BCUT2D eigenvalue weighted by Gasteiger charge is 2.17. The first-order valence-corrected chi connectivity index (χ1v) is 13.6. The van der Waals surface area contributed by atoms with Crippen molar-refractivity contribution in [2.75, 3.05) is 31.5 Å². The monoisotopic (exact) mass is 497 g/mol. The minimum Gasteiger partial charge on any atom is -0.487 e. The second kappa shape index (κ2) is 11.8. The van der Waals surface area contributed by atoms with Crippen LogP contribution < -0.4 is 10.1 Å². The van der Waals surface area contributed by atoms with E-state index in [1.807, 2.05) is 37.3 Å². The molecule has 1 aliphatic heterocycles. The van der Waals surface area contributed by atoms with E-state index < -0.39 is 0 Å². The molecule has 5 rings (SSSR count). The number of anilines is 1. The van der Waals surface area contributed by atoms with Crippen LogP contribution in [0.15, 0.2) is 54.6 Å². The van der Waals surface area contributed by atoms with Gasteiger partial charge >= 0.3 is 0 Å². The molecule has 0 amide bonds. The Kier molecular flexibility index (Phi) is 8.05. The summed E-state index contributed by atoms with van der Waals surface area (Å²) >= 11 is 0. The zero-order valence-electron chi connectivity index (χ0n) is 22.5. The number of aryl methyl sites for hydroxylation is 3. The Hall–Kier alpha value is -3.38. The molecule has 0 aliphatic carbocycles. The zero-order chi connectivity index (χ0) is 25.6. The van der Waals surface area contributed by atoms with Crippen molar-refractivity contribution in [2.45, 2.75) is 59.6 Å². The lowest BCUT2D eigenvalue weighted by Crippen LogP contribution is -2.31. The van der Waals surface area contributed by atoms with Gasteiger partial charge in [-0.3, -0.25) is 4.98 Å². The molecule has 0 bridgehead atoms. The van der Waals surface area contributed by atoms with E-state index in [4.69, 9.17) is 14.7 Å². The Bertz CT molecular complexity index is 1320. The maximum Gasteiger partial charge on any atom is 0.204 e. The molecule has 3 heterocycles. The number of ether oxygens (including phenoxy) is 1. The van der Waals surface area contributed by atoms with E-state index in [2.05, 4.69) is 52.9 Å². The molecule has 6 nitrogen and oxygen atoms in total. The number of aromatic nitrogens is 3. The molecule has 0 unspecified atom stereocenters. The summed E-state index contributed by atoms with van der Waals surface area (Å²) in [7, 11) is 0. The second-order valence-electron chi connectivity index (χ2n) is 10.3. The lowest BCUT2D eigenvalue weighted by molar-refractivity contribution is 0.228. The highest BCUT2D eigenvalue weighted by Crippen LogP contribution is 2.28. The molecule has 1 aliphatic rings. The Morgan fingerprint density at radius 3 is 2.54 bits per heavy atom. The van der Waals surface area contributed by atoms with Gasteiger partial charge in [-0.05, 0) is 94.6 Å². The van der Waals surface area contributed by atoms with Gasteiger partial charge in [-0.2, -0.15) is 0 Å². The van der Waals surface area contributed by atoms with E-state index in [0.29, 0.717) is 13.2 Å². The van der Waals surface area contributed by atoms with E-state index in [1.54, 1.807) is 0 Å². The fourth-order valence-corrected chi connectivity index (χ4v) is 5.28. The number of benzene rings is 2. The molecule has 0 spiro atoms. The van der Waals surface area contributed by atoms with E-state index in [0.717, 1.165) is 59.2 Å². The summed E-state index contributed by atoms with van der Waals surface area (Å²) < 4.78 is 8.54. The molecule has 194 valence electrons. The lowest BCUT2D eigenvalue weighted by Gasteiger charge is -2.26. The number of piperidine rings is 1. The maximum absolute atomic E-state index is 6.27. The first-order valence-electron chi connectivity index (χ1n) is 13.6. The van der Waals surface area contributed by atoms with Gasteiger partial charge in [0.25, 0.3) is 0 Å². The van der Waals surface area contributed by atoms with Crippen molar-refractivity contribution in [2.24, 2.45) is 0 Å². The molecule has 1 saturated heterocycles. The molecule has 0 radical (unpaired) electrons. The molecule has 0 saturated carbocycles. The number of hydrogen-bond donors (Lipinski definition) is 1. The van der Waals surface area contributed by atoms with Gasteiger partial charge in [0, 0.05) is 12.2 Å². The summed E-state index contributed by atoms with van der Waals surface area (Å²) in [6.07, 6.45) is 5.15. The summed E-state index contributed by atoms with van der Waals surface area (Å²) in [6, 6.07) is 18.8. The Morgan fingerprint density at radius 2 is 1.73 bits per heavy atom. The Balaban J connectivity index is 1.39. The number of hydrogen-bond acceptors (Lipinski definition) is 5. The van der Waals surface area contributed by atoms with Gasteiger partial charge in [0.05, 0.1) is 17.6 Å². The van der Waals surface area contributed by atoms with Crippen LogP contribution in [0.1, 0.15) is 53.8 Å². The first kappa shape index (κ1) is 25.3. The number of nitrogens with zero attached hydrogens (tertiary/aromatic N) is 4. The molecule has 4 aromatic rings. The molecule has 2 aromatic carbocycles. The molecular weight excluding hydrogens is 458 g/mol. The van der Waals surface area contributed by atoms with Crippen LogP contribution in [0.3, 0.4) is 0 Å². The topological polar surface area (TPSA) is 55.2 Å². The van der Waals surface area contributed by atoms with Crippen molar-refractivity contribution >= 4 is 17.0 Å². The van der Waals surface area contributed by atoms with Gasteiger partial charge < -0.3 is 19.5 Å². The molecule has 0 atom stereocenters. The third kappa shape index (κ3) is 6.31. The van der Waals surface area contributed by atoms with Crippen molar-refractivity contribution < 1.29 is 4.74 Å². The van der Waals surface area contributed by atoms with Crippen LogP contribution in [0.2, 0.25) is 0 Å². The predicted octanol–water partition coefficient (Wildman–Crippen LogP) is 6.27. The fraction of sp³-hybridized carbons (Fsp3) is 0.419. The van der Waals surface area contributed by atoms with Crippen molar-refractivity contribution in [3.8, 4) is 5.75 Å². The minimum absolute atomic E-state index is 0.517. The zero-order valence-corrected chi connectivity index (χ0v) is 22.5. The summed E-state index contributed by atoms with van der Waals surface area (Å²) in [5, 5.41) is 3.66. The largest absolute Gasteiger partial charge is 0.487 e. The second-order valence-corrected chi connectivity index (χ2v) is 10.3. The number of likely N-dealkylation sites (tertiary alicyclic amines) is 1. The van der Waals surface area contributed by atoms with Crippen LogP contribution >= 0.6 is 0 Å². The standard InChI is InChI=1S/C31H39N5O/c1-23-19-24(2)30-28(20-23)36(31(34-30)32-15-10-18-35-16-8-5-9-17-35)21-27-29(14-13-25(3)33-27)37-22-26-11-6-4-7-12-26/h4,6-7,11-14,19-20H,5,8-10,15-18,21-22H2,1-3H3,(H,32,34). The van der Waals surface area contributed by atoms with Crippen molar-refractivity contribution in [1.29, 1.82) is 0 Å². The number of pyridine rings is 1. The SMILES string of the molecule is Cc1cc(C)c2nc(NCCCN3CCCCC3)n(Cc3nc(C)ccc3OCc3ccccc3)c2c1. The third-order valence-electron chi connectivity index (χ3n) is 7.19. The molecule has 1 N–H and O–H groups in total. The van der Waals surface area contributed by atoms with Gasteiger partial charge in [0.1, 0.15) is 18.1 Å². The van der Waals surface area contributed by atoms with Crippen LogP contribution in [0.25, 0.3) is 11.0 Å². The summed E-state index contributed by atoms with van der Waals surface area (Å²) in [5.41, 5.74) is 7.66. The number of rotatable bonds is 10. The lowest BCUT2D eigenvalue weighted by atomic mass is 10.1. The molecule has 6 heteroatoms. The number of imidazole rings is 1. The van der Waals surface area contributed by atoms with E-state index in [1.165, 1.54) is 43.5 Å². The summed E-state index contributed by atoms with van der Waals surface area (Å²) in [4.78, 5) is 12.5. The average molecular weight is 498 g/mol. The van der Waals surface area contributed by atoms with Gasteiger partial charge in [-0.1, -0.05) is 42.8 Å². The molecule has 2 aromatic heterocycles. The number of fused-ring (bicyclic) bond motifs is 1. The third-order valence-corrected chi connectivity index (χ3v) is 7.19. The smallest absolute Gasteiger partial charge is 0.204 e. The number of nitrogens with one attached hydrogen (secondary N) is 1. The predicted molar refractivity (Wildman–Crippen MR) is 151 cm³/mol. The van der Waals surface area contributed by atoms with E-state index >= 15 is 0 Å². The van der Waals surface area contributed by atoms with Crippen molar-refractivity contribution in [3.63, 3.8) is 0 Å². The fourth-order valence-electron chi connectivity index (χ4n) is 5.28. The van der Waals surface area contributed by atoms with E-state index in [-0.39, 0.29) is 0 Å². The normalized spacial score (nSPS) is 14.2. The summed E-state index contributed by atoms with van der Waals surface area (Å²) in [5.74, 6) is 1.72. The molecule has 37 heavy (non-hydrogen) atoms. The first-order chi connectivity index (χ1) is 18.1. The minimum atomic E-state index is 0.517. The van der Waals surface area contributed by atoms with Gasteiger partial charge in [0.2, 0.25) is 5.95 Å². The van der Waals surface area contributed by atoms with Crippen LogP contribution in [0.5, 0.6) is 5.75 Å². The van der Waals surface area contributed by atoms with Crippen molar-refractivity contribution in [1.82, 2.24) is 19.4 Å². The Morgan fingerprint density at radius 1 is 0.919 bits per heavy atom. The highest BCUT2D eigenvalue weighted by atomic mass is 16.5. The average Bonchev–Trinajstić information content (AvgIpc) is 3.24. The molecule has 1 fully saturated rings. The van der Waals surface area contributed by atoms with Crippen LogP contribution in [0, 0.1) is 20.8 Å². The van der Waals surface area contributed by atoms with Gasteiger partial charge in [0.15, 0.2) is 0 Å². The molecular formula is C31H39N5O. The highest BCUT2D eigenvalue weighted by molar-refractivity contribution is 5.83. The van der Waals surface area contributed by atoms with Crippen LogP contribution in [0.4, 0.5) is 5.95 Å². The maximum atomic E-state index is 6.27. The van der Waals surface area contributed by atoms with Crippen LogP contribution in [-0.4, -0.2) is 45.6 Å². The van der Waals surface area contributed by atoms with E-state index in [9.17, 15) is 0 Å². The quantitative estimate of drug-likeness (QED) is 0.262. The van der Waals surface area contributed by atoms with Crippen molar-refractivity contribution in [3.05, 3.63) is 82.7 Å². The van der Waals surface area contributed by atoms with Gasteiger partial charge in [-0.25, -0.2) is 4.98 Å². The van der Waals surface area contributed by atoms with Crippen LogP contribution in [-0.2, 0) is 13.2 Å². The van der Waals surface area contributed by atoms with Gasteiger partial charge in [-0.15, -0.1) is 0 Å².